The smallest absolute Gasteiger partial charge is 0.354 e. The number of hydrogen-bond donors (Lipinski definition) is 2. The van der Waals surface area contributed by atoms with E-state index in [4.69, 9.17) is 0 Å². The van der Waals surface area contributed by atoms with Crippen LogP contribution in [-0.2, 0) is 4.79 Å². The number of nitrogens with zero attached hydrogens (tertiary/aromatic N) is 1. The summed E-state index contributed by atoms with van der Waals surface area (Å²) in [5.74, 6) is -0.709. The van der Waals surface area contributed by atoms with Crippen molar-refractivity contribution in [2.75, 3.05) is 32.7 Å². The predicted molar refractivity (Wildman–Crippen MR) is 92.4 cm³/mol. The van der Waals surface area contributed by atoms with Crippen LogP contribution in [0.1, 0.15) is 22.5 Å². The summed E-state index contributed by atoms with van der Waals surface area (Å²) in [4.78, 5) is 25.4. The van der Waals surface area contributed by atoms with Crippen LogP contribution < -0.4 is 10.6 Å². The Kier molecular flexibility index (Phi) is 8.84. The fraction of sp³-hybridized carbons (Fsp3) is 0.600. The molecule has 1 saturated heterocycles. The molecule has 0 aliphatic carbocycles. The van der Waals surface area contributed by atoms with E-state index in [2.05, 4.69) is 10.6 Å². The van der Waals surface area contributed by atoms with E-state index in [-0.39, 0.29) is 44.1 Å². The van der Waals surface area contributed by atoms with Crippen molar-refractivity contribution < 1.29 is 22.8 Å². The van der Waals surface area contributed by atoms with E-state index in [0.29, 0.717) is 18.0 Å². The molecule has 142 valence electrons. The van der Waals surface area contributed by atoms with Crippen LogP contribution in [0.15, 0.2) is 17.5 Å². The molecule has 1 unspecified atom stereocenters. The van der Waals surface area contributed by atoms with Crippen molar-refractivity contribution in [3.05, 3.63) is 22.4 Å². The third kappa shape index (κ3) is 6.93. The lowest BCUT2D eigenvalue weighted by atomic mass is 10.1. The number of rotatable bonds is 7. The Morgan fingerprint density at radius 2 is 1.96 bits per heavy atom. The molecule has 0 bridgehead atoms. The van der Waals surface area contributed by atoms with Gasteiger partial charge in [0.15, 0.2) is 5.78 Å². The molecule has 10 heteroatoms. The van der Waals surface area contributed by atoms with Gasteiger partial charge < -0.3 is 10.6 Å². The minimum atomic E-state index is -4.41. The predicted octanol–water partition coefficient (Wildman–Crippen LogP) is 2.09. The first-order valence-corrected chi connectivity index (χ1v) is 8.61. The first kappa shape index (κ1) is 21.9. The number of nitrogens with one attached hydrogen (secondary N) is 2. The highest BCUT2D eigenvalue weighted by Crippen LogP contribution is 2.24. The van der Waals surface area contributed by atoms with E-state index in [1.807, 2.05) is 0 Å². The van der Waals surface area contributed by atoms with Gasteiger partial charge >= 0.3 is 6.18 Å². The van der Waals surface area contributed by atoms with Gasteiger partial charge in [-0.25, -0.2) is 0 Å². The minimum Gasteiger partial charge on any atom is -0.354 e. The third-order valence-corrected chi connectivity index (χ3v) is 4.75. The van der Waals surface area contributed by atoms with E-state index in [1.165, 1.54) is 16.2 Å². The lowest BCUT2D eigenvalue weighted by Gasteiger charge is -2.35. The highest BCUT2D eigenvalue weighted by molar-refractivity contribution is 7.12. The van der Waals surface area contributed by atoms with Crippen molar-refractivity contribution in [2.24, 2.45) is 0 Å². The molecule has 0 saturated carbocycles. The van der Waals surface area contributed by atoms with Crippen LogP contribution in [0.3, 0.4) is 0 Å². The molecule has 0 aromatic carbocycles. The second kappa shape index (κ2) is 10.1. The molecule has 5 nitrogen and oxygen atoms in total. The molecule has 0 spiro atoms. The normalized spacial score (nSPS) is 16.8. The van der Waals surface area contributed by atoms with Gasteiger partial charge in [-0.1, -0.05) is 6.07 Å². The summed E-state index contributed by atoms with van der Waals surface area (Å²) >= 11 is 1.28. The number of piperazine rings is 1. The van der Waals surface area contributed by atoms with Crippen LogP contribution in [0, 0.1) is 0 Å². The lowest BCUT2D eigenvalue weighted by molar-refractivity contribution is -0.184. The maximum Gasteiger partial charge on any atom is 0.405 e. The molecule has 2 N–H and O–H groups in total. The fourth-order valence-electron chi connectivity index (χ4n) is 2.53. The standard InChI is InChI=1S/C15H20F3N3O2S.ClH/c16-15(17,18)13(21-7-5-19-6-8-21)10-20-14(23)4-3-11(22)12-2-1-9-24-12;/h1-2,9,13,19H,3-8,10H2,(H,20,23);1H. The summed E-state index contributed by atoms with van der Waals surface area (Å²) in [6, 6.07) is 1.70. The lowest BCUT2D eigenvalue weighted by Crippen LogP contribution is -2.57. The fourth-order valence-corrected chi connectivity index (χ4v) is 3.23. The number of ketones is 1. The van der Waals surface area contributed by atoms with Gasteiger partial charge in [0.2, 0.25) is 5.91 Å². The van der Waals surface area contributed by atoms with E-state index in [9.17, 15) is 22.8 Å². The second-order valence-corrected chi connectivity index (χ2v) is 6.50. The van der Waals surface area contributed by atoms with Crippen molar-refractivity contribution in [2.45, 2.75) is 25.1 Å². The van der Waals surface area contributed by atoms with Crippen LogP contribution >= 0.6 is 23.7 Å². The Morgan fingerprint density at radius 1 is 1.28 bits per heavy atom. The first-order valence-electron chi connectivity index (χ1n) is 7.73. The number of alkyl halides is 3. The summed E-state index contributed by atoms with van der Waals surface area (Å²) in [5.41, 5.74) is 0. The Morgan fingerprint density at radius 3 is 2.52 bits per heavy atom. The van der Waals surface area contributed by atoms with Gasteiger partial charge in [-0.2, -0.15) is 13.2 Å². The molecular formula is C15H21ClF3N3O2S. The molecular weight excluding hydrogens is 379 g/mol. The van der Waals surface area contributed by atoms with Crippen LogP contribution in [0.2, 0.25) is 0 Å². The number of Topliss-reactive ketones (excluding diaryl/α,β-unsaturated/α-hetero) is 1. The summed E-state index contributed by atoms with van der Waals surface area (Å²) < 4.78 is 39.6. The van der Waals surface area contributed by atoms with Gasteiger partial charge in [-0.3, -0.25) is 14.5 Å². The monoisotopic (exact) mass is 399 g/mol. The maximum absolute atomic E-state index is 13.2. The van der Waals surface area contributed by atoms with E-state index in [0.717, 1.165) is 0 Å². The number of carbonyl (C=O) groups is 2. The number of amides is 1. The molecule has 1 aliphatic heterocycles. The molecule has 2 rings (SSSR count). The quantitative estimate of drug-likeness (QED) is 0.689. The van der Waals surface area contributed by atoms with Gasteiger partial charge in [0.1, 0.15) is 6.04 Å². The van der Waals surface area contributed by atoms with E-state index >= 15 is 0 Å². The zero-order valence-electron chi connectivity index (χ0n) is 13.5. The van der Waals surface area contributed by atoms with Crippen LogP contribution in [0.5, 0.6) is 0 Å². The maximum atomic E-state index is 13.2. The average Bonchev–Trinajstić information content (AvgIpc) is 3.07. The molecule has 1 aliphatic rings. The summed E-state index contributed by atoms with van der Waals surface area (Å²) in [6.07, 6.45) is -4.52. The zero-order chi connectivity index (χ0) is 17.6. The molecule has 1 aromatic rings. The van der Waals surface area contributed by atoms with Gasteiger partial charge in [0.25, 0.3) is 0 Å². The van der Waals surface area contributed by atoms with Gasteiger partial charge in [0.05, 0.1) is 4.88 Å². The molecule has 2 heterocycles. The van der Waals surface area contributed by atoms with Crippen molar-refractivity contribution in [3.8, 4) is 0 Å². The minimum absolute atomic E-state index is 0. The number of hydrogen-bond acceptors (Lipinski definition) is 5. The Balaban J connectivity index is 0.00000312. The SMILES string of the molecule is Cl.O=C(CCC(=O)c1cccs1)NCC(N1CCNCC1)C(F)(F)F. The highest BCUT2D eigenvalue weighted by atomic mass is 35.5. The van der Waals surface area contributed by atoms with Crippen LogP contribution in [0.25, 0.3) is 0 Å². The van der Waals surface area contributed by atoms with E-state index < -0.39 is 24.7 Å². The first-order chi connectivity index (χ1) is 11.4. The zero-order valence-corrected chi connectivity index (χ0v) is 15.1. The Labute approximate surface area is 154 Å². The van der Waals surface area contributed by atoms with Crippen molar-refractivity contribution in [3.63, 3.8) is 0 Å². The summed E-state index contributed by atoms with van der Waals surface area (Å²) in [6.45, 7) is 1.08. The van der Waals surface area contributed by atoms with Gasteiger partial charge in [-0.05, 0) is 11.4 Å². The molecule has 1 amide bonds. The largest absolute Gasteiger partial charge is 0.405 e. The molecule has 0 radical (unpaired) electrons. The number of carbonyl (C=O) groups excluding carboxylic acids is 2. The summed E-state index contributed by atoms with van der Waals surface area (Å²) in [5, 5.41) is 7.08. The number of thiophene rings is 1. The van der Waals surface area contributed by atoms with Gasteiger partial charge in [0, 0.05) is 45.6 Å². The van der Waals surface area contributed by atoms with E-state index in [1.54, 1.807) is 17.5 Å². The Bertz CT molecular complexity index is 549. The highest BCUT2D eigenvalue weighted by Gasteiger charge is 2.43. The van der Waals surface area contributed by atoms with Crippen LogP contribution in [-0.4, -0.2) is 61.5 Å². The third-order valence-electron chi connectivity index (χ3n) is 3.84. The van der Waals surface area contributed by atoms with Crippen LogP contribution in [0.4, 0.5) is 13.2 Å². The second-order valence-electron chi connectivity index (χ2n) is 5.55. The molecule has 25 heavy (non-hydrogen) atoms. The molecule has 1 aromatic heterocycles. The average molecular weight is 400 g/mol. The molecule has 1 atom stereocenters. The van der Waals surface area contributed by atoms with Gasteiger partial charge in [-0.15, -0.1) is 23.7 Å². The number of halogens is 4. The van der Waals surface area contributed by atoms with Crippen molar-refractivity contribution in [1.29, 1.82) is 0 Å². The summed E-state index contributed by atoms with van der Waals surface area (Å²) in [7, 11) is 0. The Hall–Kier alpha value is -1.16. The topological polar surface area (TPSA) is 61.4 Å². The van der Waals surface area contributed by atoms with Crippen molar-refractivity contribution in [1.82, 2.24) is 15.5 Å². The van der Waals surface area contributed by atoms with Crippen molar-refractivity contribution >= 4 is 35.4 Å². The molecule has 1 fully saturated rings.